The molecule has 0 aliphatic heterocycles. The number of rotatable bonds is 4. The van der Waals surface area contributed by atoms with Crippen molar-refractivity contribution < 1.29 is 18.4 Å². The maximum atomic E-state index is 15.0. The second-order valence-corrected chi connectivity index (χ2v) is 18.6. The summed E-state index contributed by atoms with van der Waals surface area (Å²) < 4.78 is 30.1. The molecule has 2 aromatic carbocycles. The Labute approximate surface area is 318 Å². The summed E-state index contributed by atoms with van der Waals surface area (Å²) >= 11 is 0. The van der Waals surface area contributed by atoms with Crippen LogP contribution >= 0.6 is 0 Å². The van der Waals surface area contributed by atoms with Crippen molar-refractivity contribution >= 4 is 11.6 Å². The first-order valence-electron chi connectivity index (χ1n) is 19.5. The maximum absolute atomic E-state index is 15.0. The molecule has 4 aliphatic rings. The van der Waals surface area contributed by atoms with Gasteiger partial charge in [0.2, 0.25) is 0 Å². The number of ketones is 2. The molecule has 0 unspecified atom stereocenters. The average molecular weight is 733 g/mol. The van der Waals surface area contributed by atoms with Gasteiger partial charge in [0.15, 0.2) is 11.6 Å². The monoisotopic (exact) mass is 732 g/mol. The highest BCUT2D eigenvalue weighted by atomic mass is 19.1. The van der Waals surface area contributed by atoms with E-state index in [0.29, 0.717) is 36.8 Å². The molecule has 284 valence electrons. The second-order valence-electron chi connectivity index (χ2n) is 18.6. The predicted octanol–water partition coefficient (Wildman–Crippen LogP) is 10.4. The fourth-order valence-electron chi connectivity index (χ4n) is 10.4. The van der Waals surface area contributed by atoms with E-state index in [-0.39, 0.29) is 45.9 Å². The minimum absolute atomic E-state index is 0.0650. The number of hydrogen-bond donors (Lipinski definition) is 2. The van der Waals surface area contributed by atoms with Crippen LogP contribution in [0.15, 0.2) is 70.8 Å². The van der Waals surface area contributed by atoms with Gasteiger partial charge in [-0.2, -0.15) is 10.2 Å². The van der Waals surface area contributed by atoms with Gasteiger partial charge < -0.3 is 0 Å². The van der Waals surface area contributed by atoms with Gasteiger partial charge in [0.1, 0.15) is 11.6 Å². The number of Topliss-reactive ketones (excluding diaryl/α,β-unsaturated/α-hetero) is 2. The highest BCUT2D eigenvalue weighted by Crippen LogP contribution is 2.55. The molecular weight excluding hydrogens is 679 g/mol. The Morgan fingerprint density at radius 3 is 1.26 bits per heavy atom. The topological polar surface area (TPSA) is 91.5 Å². The van der Waals surface area contributed by atoms with Crippen LogP contribution in [0.4, 0.5) is 8.78 Å². The van der Waals surface area contributed by atoms with Crippen LogP contribution in [0.1, 0.15) is 152 Å². The molecule has 0 spiro atoms. The van der Waals surface area contributed by atoms with Gasteiger partial charge in [-0.05, 0) is 61.5 Å². The van der Waals surface area contributed by atoms with E-state index in [1.54, 1.807) is 12.1 Å². The lowest BCUT2D eigenvalue weighted by Gasteiger charge is -2.44. The van der Waals surface area contributed by atoms with Crippen molar-refractivity contribution in [1.82, 2.24) is 20.4 Å². The Balaban J connectivity index is 0.000000167. The SMILES string of the molecule is CC(C)c1n[nH]c2c1[C@@](C)(c1ccccc1F)C1=C(C2)CC(C)(C)CC1=O.CC(C)c1n[nH]c2c1[C@](C)(c1ccccc1F)C1=C(C2)CC(C)(C)CC1=O. The number of nitrogens with one attached hydrogen (secondary N) is 2. The number of benzene rings is 2. The summed E-state index contributed by atoms with van der Waals surface area (Å²) in [7, 11) is 0. The van der Waals surface area contributed by atoms with Crippen LogP contribution in [0.5, 0.6) is 0 Å². The second kappa shape index (κ2) is 13.1. The number of halogens is 2. The summed E-state index contributed by atoms with van der Waals surface area (Å²) in [4.78, 5) is 26.7. The Morgan fingerprint density at radius 1 is 0.574 bits per heavy atom. The normalized spacial score (nSPS) is 24.2. The van der Waals surface area contributed by atoms with E-state index in [2.05, 4.69) is 75.8 Å². The zero-order valence-corrected chi connectivity index (χ0v) is 33.5. The number of allylic oxidation sites excluding steroid dienone is 4. The molecule has 54 heavy (non-hydrogen) atoms. The number of aromatic amines is 2. The fraction of sp³-hybridized carbons (Fsp3) is 0.478. The fourth-order valence-corrected chi connectivity index (χ4v) is 10.4. The van der Waals surface area contributed by atoms with Crippen LogP contribution in [-0.4, -0.2) is 32.0 Å². The molecule has 2 atom stereocenters. The van der Waals surface area contributed by atoms with Gasteiger partial charge in [0, 0.05) is 70.5 Å². The summed E-state index contributed by atoms with van der Waals surface area (Å²) in [5, 5.41) is 15.6. The number of carbonyl (C=O) groups excluding carboxylic acids is 2. The van der Waals surface area contributed by atoms with E-state index in [1.165, 1.54) is 12.1 Å². The molecule has 0 saturated heterocycles. The summed E-state index contributed by atoms with van der Waals surface area (Å²) in [5.74, 6) is 0.130. The first-order chi connectivity index (χ1) is 25.3. The van der Waals surface area contributed by atoms with Crippen molar-refractivity contribution in [1.29, 1.82) is 0 Å². The molecule has 0 fully saturated rings. The summed E-state index contributed by atoms with van der Waals surface area (Å²) in [6.45, 7) is 20.9. The molecule has 4 aliphatic carbocycles. The number of nitrogens with zero attached hydrogens (tertiary/aromatic N) is 2. The highest BCUT2D eigenvalue weighted by molar-refractivity contribution is 6.02. The summed E-state index contributed by atoms with van der Waals surface area (Å²) in [6, 6.07) is 13.7. The van der Waals surface area contributed by atoms with Gasteiger partial charge in [0.05, 0.1) is 22.2 Å². The van der Waals surface area contributed by atoms with Crippen LogP contribution in [0, 0.1) is 22.5 Å². The molecule has 8 heteroatoms. The summed E-state index contributed by atoms with van der Waals surface area (Å²) in [6.07, 6.45) is 4.11. The molecule has 0 radical (unpaired) electrons. The number of fused-ring (bicyclic) bond motifs is 2. The summed E-state index contributed by atoms with van der Waals surface area (Å²) in [5.41, 5.74) is 9.13. The van der Waals surface area contributed by atoms with Crippen molar-refractivity contribution in [3.63, 3.8) is 0 Å². The molecule has 4 aromatic rings. The third kappa shape index (κ3) is 5.95. The van der Waals surface area contributed by atoms with Crippen molar-refractivity contribution in [2.45, 2.75) is 130 Å². The van der Waals surface area contributed by atoms with Crippen LogP contribution < -0.4 is 0 Å². The Bertz CT molecular complexity index is 2090. The van der Waals surface area contributed by atoms with E-state index in [9.17, 15) is 9.59 Å². The van der Waals surface area contributed by atoms with Crippen LogP contribution in [0.3, 0.4) is 0 Å². The minimum Gasteiger partial charge on any atom is -0.294 e. The van der Waals surface area contributed by atoms with Gasteiger partial charge in [-0.3, -0.25) is 19.8 Å². The first-order valence-corrected chi connectivity index (χ1v) is 19.5. The van der Waals surface area contributed by atoms with Crippen LogP contribution in [0.2, 0.25) is 0 Å². The van der Waals surface area contributed by atoms with E-state index in [1.807, 2.05) is 38.1 Å². The zero-order valence-electron chi connectivity index (χ0n) is 33.5. The highest BCUT2D eigenvalue weighted by Gasteiger charge is 2.52. The largest absolute Gasteiger partial charge is 0.294 e. The molecule has 0 saturated carbocycles. The van der Waals surface area contributed by atoms with E-state index >= 15 is 8.78 Å². The van der Waals surface area contributed by atoms with Crippen LogP contribution in [-0.2, 0) is 33.3 Å². The zero-order chi connectivity index (χ0) is 39.1. The number of aromatic nitrogens is 4. The van der Waals surface area contributed by atoms with Crippen molar-refractivity contribution in [3.8, 4) is 0 Å². The Hall–Kier alpha value is -4.46. The third-order valence-electron chi connectivity index (χ3n) is 12.4. The first kappa shape index (κ1) is 37.8. The smallest absolute Gasteiger partial charge is 0.160 e. The van der Waals surface area contributed by atoms with Gasteiger partial charge in [-0.15, -0.1) is 0 Å². The van der Waals surface area contributed by atoms with Gasteiger partial charge in [-0.25, -0.2) is 8.78 Å². The standard InChI is InChI=1S/2C23H27FN2O/c2*1-13(2)21-20-17(25-26-21)10-14-11-22(3,4)12-18(27)19(14)23(20,5)15-8-6-7-9-16(15)24/h2*6-9,13H,10-12H2,1-5H3,(H,25,26)/t2*23-/m10/s1. The lowest BCUT2D eigenvalue weighted by Crippen LogP contribution is -2.41. The Kier molecular flexibility index (Phi) is 9.17. The van der Waals surface area contributed by atoms with Crippen molar-refractivity contribution in [3.05, 3.63) is 127 Å². The Morgan fingerprint density at radius 2 is 0.926 bits per heavy atom. The maximum Gasteiger partial charge on any atom is 0.160 e. The predicted molar refractivity (Wildman–Crippen MR) is 209 cm³/mol. The molecule has 6 nitrogen and oxygen atoms in total. The number of H-pyrrole nitrogens is 2. The van der Waals surface area contributed by atoms with E-state index < -0.39 is 10.8 Å². The molecular formula is C46H54F2N4O2. The van der Waals surface area contributed by atoms with E-state index in [4.69, 9.17) is 0 Å². The quantitative estimate of drug-likeness (QED) is 0.219. The minimum atomic E-state index is -0.811. The molecule has 2 aromatic heterocycles. The van der Waals surface area contributed by atoms with Crippen molar-refractivity contribution in [2.24, 2.45) is 10.8 Å². The van der Waals surface area contributed by atoms with E-state index in [0.717, 1.165) is 69.0 Å². The third-order valence-corrected chi connectivity index (χ3v) is 12.4. The molecule has 8 rings (SSSR count). The molecule has 2 heterocycles. The molecule has 0 bridgehead atoms. The average Bonchev–Trinajstić information content (AvgIpc) is 3.70. The molecule has 2 N–H and O–H groups in total. The lowest BCUT2D eigenvalue weighted by atomic mass is 9.58. The van der Waals surface area contributed by atoms with Crippen LogP contribution in [0.25, 0.3) is 0 Å². The van der Waals surface area contributed by atoms with Crippen molar-refractivity contribution in [2.75, 3.05) is 0 Å². The lowest BCUT2D eigenvalue weighted by molar-refractivity contribution is -0.119. The van der Waals surface area contributed by atoms with Gasteiger partial charge in [0.25, 0.3) is 0 Å². The van der Waals surface area contributed by atoms with Gasteiger partial charge >= 0.3 is 0 Å². The molecule has 0 amide bonds. The number of hydrogen-bond acceptors (Lipinski definition) is 4. The van der Waals surface area contributed by atoms with Gasteiger partial charge in [-0.1, -0.05) is 103 Å². The number of carbonyl (C=O) groups is 2.